The highest BCUT2D eigenvalue weighted by molar-refractivity contribution is 5.98. The smallest absolute Gasteiger partial charge is 0.229 e. The van der Waals surface area contributed by atoms with Crippen molar-refractivity contribution in [3.8, 4) is 5.82 Å². The second kappa shape index (κ2) is 8.35. The third-order valence-electron chi connectivity index (χ3n) is 5.49. The Morgan fingerprint density at radius 2 is 1.88 bits per heavy atom. The summed E-state index contributed by atoms with van der Waals surface area (Å²) < 4.78 is 30.9. The molecule has 1 aliphatic rings. The molecule has 2 aromatic heterocycles. The van der Waals surface area contributed by atoms with Gasteiger partial charge in [0.2, 0.25) is 5.95 Å². The molecule has 162 valence electrons. The maximum absolute atomic E-state index is 14.7. The fraction of sp³-hybridized carbons (Fsp3) is 0.174. The number of nitrogens with zero attached hydrogens (tertiary/aromatic N) is 4. The average molecular weight is 434 g/mol. The van der Waals surface area contributed by atoms with E-state index in [-0.39, 0.29) is 17.6 Å². The van der Waals surface area contributed by atoms with Crippen LogP contribution in [0, 0.1) is 11.6 Å². The van der Waals surface area contributed by atoms with Gasteiger partial charge in [-0.3, -0.25) is 9.36 Å². The summed E-state index contributed by atoms with van der Waals surface area (Å²) in [4.78, 5) is 21.7. The molecule has 3 heterocycles. The van der Waals surface area contributed by atoms with Crippen molar-refractivity contribution in [2.75, 3.05) is 36.4 Å². The van der Waals surface area contributed by atoms with Crippen LogP contribution in [-0.4, -0.2) is 47.0 Å². The van der Waals surface area contributed by atoms with E-state index >= 15 is 0 Å². The van der Waals surface area contributed by atoms with Crippen LogP contribution in [0.3, 0.4) is 0 Å². The molecule has 0 radical (unpaired) electrons. The van der Waals surface area contributed by atoms with Crippen LogP contribution in [0.15, 0.2) is 54.9 Å². The minimum Gasteiger partial charge on any atom is -0.367 e. The zero-order valence-corrected chi connectivity index (χ0v) is 17.1. The molecule has 0 unspecified atom stereocenters. The summed E-state index contributed by atoms with van der Waals surface area (Å²) in [7, 11) is 0. The van der Waals surface area contributed by atoms with Crippen molar-refractivity contribution in [1.82, 2.24) is 19.9 Å². The molecule has 1 aliphatic heterocycles. The third kappa shape index (κ3) is 3.67. The van der Waals surface area contributed by atoms with Crippen molar-refractivity contribution in [1.29, 1.82) is 0 Å². The molecule has 0 amide bonds. The lowest BCUT2D eigenvalue weighted by Crippen LogP contribution is -2.43. The van der Waals surface area contributed by atoms with Crippen molar-refractivity contribution in [3.63, 3.8) is 0 Å². The van der Waals surface area contributed by atoms with E-state index in [0.717, 1.165) is 38.7 Å². The number of hydrogen-bond donors (Lipinski definition) is 2. The van der Waals surface area contributed by atoms with Crippen LogP contribution >= 0.6 is 0 Å². The maximum Gasteiger partial charge on any atom is 0.229 e. The minimum atomic E-state index is -0.644. The molecule has 32 heavy (non-hydrogen) atoms. The second-order valence-corrected chi connectivity index (χ2v) is 7.48. The average Bonchev–Trinajstić information content (AvgIpc) is 3.20. The fourth-order valence-corrected chi connectivity index (χ4v) is 3.94. The van der Waals surface area contributed by atoms with Crippen molar-refractivity contribution in [2.45, 2.75) is 0 Å². The number of anilines is 3. The van der Waals surface area contributed by atoms with Crippen LogP contribution in [0.1, 0.15) is 10.4 Å². The number of benzene rings is 2. The Bertz CT molecular complexity index is 1300. The van der Waals surface area contributed by atoms with Crippen LogP contribution in [0.4, 0.5) is 26.1 Å². The monoisotopic (exact) mass is 434 g/mol. The molecule has 4 aromatic rings. The number of nitrogens with one attached hydrogen (secondary N) is 2. The van der Waals surface area contributed by atoms with Gasteiger partial charge in [-0.2, -0.15) is 4.98 Å². The topological polar surface area (TPSA) is 75.1 Å². The number of aldehydes is 1. The molecular weight excluding hydrogens is 414 g/mol. The first-order valence-corrected chi connectivity index (χ1v) is 10.2. The summed E-state index contributed by atoms with van der Waals surface area (Å²) in [5, 5.41) is 6.88. The molecule has 2 aromatic carbocycles. The minimum absolute atomic E-state index is 0.00953. The van der Waals surface area contributed by atoms with Crippen LogP contribution in [0.5, 0.6) is 0 Å². The van der Waals surface area contributed by atoms with Gasteiger partial charge in [-0.05, 0) is 24.3 Å². The van der Waals surface area contributed by atoms with Gasteiger partial charge in [-0.25, -0.2) is 13.8 Å². The number of rotatable bonds is 5. The number of halogens is 2. The number of hydrogen-bond acceptors (Lipinski definition) is 6. The predicted molar refractivity (Wildman–Crippen MR) is 119 cm³/mol. The molecule has 0 atom stereocenters. The van der Waals surface area contributed by atoms with Gasteiger partial charge in [0.05, 0.1) is 17.4 Å². The largest absolute Gasteiger partial charge is 0.367 e. The summed E-state index contributed by atoms with van der Waals surface area (Å²) in [5.74, 6) is -0.897. The lowest BCUT2D eigenvalue weighted by Gasteiger charge is -2.29. The second-order valence-electron chi connectivity index (χ2n) is 7.48. The zero-order valence-electron chi connectivity index (χ0n) is 17.1. The van der Waals surface area contributed by atoms with E-state index in [0.29, 0.717) is 27.8 Å². The number of carbonyl (C=O) groups excluding carboxylic acids is 1. The molecule has 5 rings (SSSR count). The molecular formula is C23H20F2N6O. The van der Waals surface area contributed by atoms with Gasteiger partial charge in [0.1, 0.15) is 5.82 Å². The van der Waals surface area contributed by atoms with E-state index in [2.05, 4.69) is 20.6 Å². The molecule has 0 saturated carbocycles. The number of piperazine rings is 1. The number of fused-ring (bicyclic) bond motifs is 1. The Hall–Kier alpha value is -3.85. The fourth-order valence-electron chi connectivity index (χ4n) is 3.94. The Morgan fingerprint density at radius 1 is 1.06 bits per heavy atom. The first kappa shape index (κ1) is 20.1. The Balaban J connectivity index is 1.46. The molecule has 0 aliphatic carbocycles. The third-order valence-corrected chi connectivity index (χ3v) is 5.49. The zero-order chi connectivity index (χ0) is 22.1. The SMILES string of the molecule is O=Cc1cn(-c2nc(Nc3ccc(N4CCNCC4)c(F)c3)ncc2F)c2ccccc12. The van der Waals surface area contributed by atoms with Crippen molar-refractivity contribution in [2.24, 2.45) is 0 Å². The lowest BCUT2D eigenvalue weighted by atomic mass is 10.2. The molecule has 7 nitrogen and oxygen atoms in total. The van der Waals surface area contributed by atoms with Gasteiger partial charge in [-0.15, -0.1) is 0 Å². The van der Waals surface area contributed by atoms with Crippen molar-refractivity contribution >= 4 is 34.5 Å². The van der Waals surface area contributed by atoms with E-state index in [9.17, 15) is 13.6 Å². The van der Waals surface area contributed by atoms with E-state index in [4.69, 9.17) is 0 Å². The first-order valence-electron chi connectivity index (χ1n) is 10.2. The normalized spacial score (nSPS) is 14.0. The Kier molecular flexibility index (Phi) is 5.24. The van der Waals surface area contributed by atoms with Gasteiger partial charge in [0.15, 0.2) is 17.9 Å². The Morgan fingerprint density at radius 3 is 2.66 bits per heavy atom. The highest BCUT2D eigenvalue weighted by atomic mass is 19.1. The Labute approximate surface area is 182 Å². The molecule has 0 bridgehead atoms. The molecule has 0 spiro atoms. The van der Waals surface area contributed by atoms with Gasteiger partial charge in [0, 0.05) is 49.0 Å². The van der Waals surface area contributed by atoms with Gasteiger partial charge in [-0.1, -0.05) is 18.2 Å². The summed E-state index contributed by atoms with van der Waals surface area (Å²) in [6, 6.07) is 12.0. The van der Waals surface area contributed by atoms with E-state index in [1.165, 1.54) is 16.8 Å². The van der Waals surface area contributed by atoms with Gasteiger partial charge >= 0.3 is 0 Å². The highest BCUT2D eigenvalue weighted by Crippen LogP contribution is 2.27. The summed E-state index contributed by atoms with van der Waals surface area (Å²) in [6.45, 7) is 3.10. The molecule has 1 saturated heterocycles. The summed E-state index contributed by atoms with van der Waals surface area (Å²) in [6.07, 6.45) is 3.31. The highest BCUT2D eigenvalue weighted by Gasteiger charge is 2.17. The predicted octanol–water partition coefficient (Wildman–Crippen LogP) is 3.66. The lowest BCUT2D eigenvalue weighted by molar-refractivity contribution is 0.112. The standard InChI is InChI=1S/C23H20F2N6O/c24-18-11-16(5-6-21(18)30-9-7-26-8-10-30)28-23-27-12-19(25)22(29-23)31-13-15(14-32)17-3-1-2-4-20(17)31/h1-6,11-14,26H,7-10H2,(H,27,28,29). The molecule has 1 fully saturated rings. The van der Waals surface area contributed by atoms with E-state index in [1.54, 1.807) is 30.3 Å². The van der Waals surface area contributed by atoms with Crippen molar-refractivity contribution < 1.29 is 13.6 Å². The van der Waals surface area contributed by atoms with Gasteiger partial charge < -0.3 is 15.5 Å². The quantitative estimate of drug-likeness (QED) is 0.467. The first-order chi connectivity index (χ1) is 15.6. The number of aromatic nitrogens is 3. The van der Waals surface area contributed by atoms with E-state index < -0.39 is 5.82 Å². The number of carbonyl (C=O) groups is 1. The van der Waals surface area contributed by atoms with Crippen LogP contribution in [-0.2, 0) is 0 Å². The van der Waals surface area contributed by atoms with Gasteiger partial charge in [0.25, 0.3) is 0 Å². The number of para-hydroxylation sites is 1. The summed E-state index contributed by atoms with van der Waals surface area (Å²) >= 11 is 0. The van der Waals surface area contributed by atoms with E-state index in [1.807, 2.05) is 11.0 Å². The summed E-state index contributed by atoms with van der Waals surface area (Å²) in [5.41, 5.74) is 2.06. The molecule has 9 heteroatoms. The maximum atomic E-state index is 14.7. The van der Waals surface area contributed by atoms with Crippen LogP contribution < -0.4 is 15.5 Å². The van der Waals surface area contributed by atoms with Crippen LogP contribution in [0.25, 0.3) is 16.7 Å². The van der Waals surface area contributed by atoms with Crippen molar-refractivity contribution in [3.05, 3.63) is 72.1 Å². The van der Waals surface area contributed by atoms with Crippen LogP contribution in [0.2, 0.25) is 0 Å². The molecule has 2 N–H and O–H groups in total.